The Hall–Kier alpha value is -3.95. The number of aromatic nitrogens is 4. The summed E-state index contributed by atoms with van der Waals surface area (Å²) in [6.45, 7) is 0. The van der Waals surface area contributed by atoms with Gasteiger partial charge in [-0.05, 0) is 55.2 Å². The molecule has 0 unspecified atom stereocenters. The molecule has 0 atom stereocenters. The van der Waals surface area contributed by atoms with Gasteiger partial charge in [0.25, 0.3) is 0 Å². The van der Waals surface area contributed by atoms with Crippen LogP contribution in [0, 0.1) is 5.92 Å². The number of nitrogens with one attached hydrogen (secondary N) is 2. The molecule has 1 aromatic carbocycles. The van der Waals surface area contributed by atoms with E-state index in [2.05, 4.69) is 19.9 Å². The summed E-state index contributed by atoms with van der Waals surface area (Å²) in [4.78, 5) is 35.5. The molecule has 10 heteroatoms. The standard InChI is InChI=1S/C18H11F3N4O.C8H14O2/c19-18(20,21)12-3-5-14-15(7-12)25-17(24-14)11-1-4-13(22-9-11)10-2-6-16(26)23-8-10;9-8(10)6-7-4-2-1-3-5-7/h1-9H,(H,23,26)(H,24,25);7H,1-6H2,(H,9,10). The van der Waals surface area contributed by atoms with E-state index in [-0.39, 0.29) is 5.56 Å². The van der Waals surface area contributed by atoms with Gasteiger partial charge in [-0.3, -0.25) is 14.6 Å². The zero-order valence-electron chi connectivity index (χ0n) is 19.3. The number of fused-ring (bicyclic) bond motifs is 1. The molecule has 1 aliphatic rings. The Kier molecular flexibility index (Phi) is 7.52. The molecule has 0 bridgehead atoms. The third-order valence-electron chi connectivity index (χ3n) is 6.11. The smallest absolute Gasteiger partial charge is 0.416 e. The minimum atomic E-state index is -4.40. The van der Waals surface area contributed by atoms with Crippen LogP contribution in [0.1, 0.15) is 44.1 Å². The van der Waals surface area contributed by atoms with Gasteiger partial charge in [0, 0.05) is 36.0 Å². The molecule has 7 nitrogen and oxygen atoms in total. The summed E-state index contributed by atoms with van der Waals surface area (Å²) in [6, 6.07) is 9.94. The zero-order valence-corrected chi connectivity index (χ0v) is 19.3. The summed E-state index contributed by atoms with van der Waals surface area (Å²) >= 11 is 0. The minimum Gasteiger partial charge on any atom is -0.481 e. The van der Waals surface area contributed by atoms with Gasteiger partial charge in [-0.25, -0.2) is 4.98 Å². The SMILES string of the molecule is O=C(O)CC1CCCCC1.O=c1ccc(-c2ccc(-c3nc4ccc(C(F)(F)F)cc4[nH]3)cn2)c[nH]1. The van der Waals surface area contributed by atoms with E-state index in [0.717, 1.165) is 30.5 Å². The first-order chi connectivity index (χ1) is 17.2. The number of alkyl halides is 3. The Morgan fingerprint density at radius 1 is 1.03 bits per heavy atom. The molecule has 0 aliphatic heterocycles. The van der Waals surface area contributed by atoms with Gasteiger partial charge >= 0.3 is 12.1 Å². The van der Waals surface area contributed by atoms with Crippen LogP contribution in [0.4, 0.5) is 13.2 Å². The summed E-state index contributed by atoms with van der Waals surface area (Å²) in [7, 11) is 0. The number of aromatic amines is 2. The maximum absolute atomic E-state index is 12.8. The molecule has 3 aromatic heterocycles. The molecule has 5 rings (SSSR count). The molecular formula is C26H25F3N4O3. The molecule has 3 N–H and O–H groups in total. The lowest BCUT2D eigenvalue weighted by Gasteiger charge is -2.18. The molecule has 36 heavy (non-hydrogen) atoms. The maximum Gasteiger partial charge on any atom is 0.416 e. The number of aliphatic carboxylic acids is 1. The van der Waals surface area contributed by atoms with Crippen molar-refractivity contribution in [3.05, 3.63) is 70.8 Å². The van der Waals surface area contributed by atoms with Crippen molar-refractivity contribution in [1.82, 2.24) is 19.9 Å². The van der Waals surface area contributed by atoms with Crippen molar-refractivity contribution in [1.29, 1.82) is 0 Å². The van der Waals surface area contributed by atoms with Crippen molar-refractivity contribution in [2.45, 2.75) is 44.7 Å². The fourth-order valence-electron chi connectivity index (χ4n) is 4.24. The molecule has 0 amide bonds. The number of carbonyl (C=O) groups is 1. The number of pyridine rings is 2. The third kappa shape index (κ3) is 6.38. The Morgan fingerprint density at radius 2 is 1.78 bits per heavy atom. The van der Waals surface area contributed by atoms with Crippen LogP contribution in [0.3, 0.4) is 0 Å². The Morgan fingerprint density at radius 3 is 2.39 bits per heavy atom. The first-order valence-electron chi connectivity index (χ1n) is 11.6. The number of halogens is 3. The largest absolute Gasteiger partial charge is 0.481 e. The van der Waals surface area contributed by atoms with Gasteiger partial charge in [-0.15, -0.1) is 0 Å². The van der Waals surface area contributed by atoms with Crippen molar-refractivity contribution in [2.75, 3.05) is 0 Å². The second kappa shape index (κ2) is 10.8. The topological polar surface area (TPSA) is 112 Å². The predicted octanol–water partition coefficient (Wildman–Crippen LogP) is 6.04. The average molecular weight is 499 g/mol. The number of H-pyrrole nitrogens is 2. The van der Waals surface area contributed by atoms with Crippen molar-refractivity contribution in [3.8, 4) is 22.6 Å². The van der Waals surface area contributed by atoms with Gasteiger partial charge in [0.15, 0.2) is 0 Å². The molecular weight excluding hydrogens is 473 g/mol. The van der Waals surface area contributed by atoms with E-state index in [0.29, 0.717) is 40.5 Å². The van der Waals surface area contributed by atoms with Crippen molar-refractivity contribution in [3.63, 3.8) is 0 Å². The van der Waals surface area contributed by atoms with E-state index >= 15 is 0 Å². The van der Waals surface area contributed by atoms with Gasteiger partial charge in [-0.1, -0.05) is 19.3 Å². The monoisotopic (exact) mass is 498 g/mol. The van der Waals surface area contributed by atoms with E-state index in [1.54, 1.807) is 30.6 Å². The van der Waals surface area contributed by atoms with Crippen molar-refractivity contribution in [2.24, 2.45) is 5.92 Å². The summed E-state index contributed by atoms with van der Waals surface area (Å²) in [5.41, 5.74) is 1.86. The highest BCUT2D eigenvalue weighted by Gasteiger charge is 2.30. The molecule has 1 fully saturated rings. The number of hydrogen-bond donors (Lipinski definition) is 3. The molecule has 4 aromatic rings. The second-order valence-electron chi connectivity index (χ2n) is 8.79. The van der Waals surface area contributed by atoms with Crippen LogP contribution < -0.4 is 5.56 Å². The van der Waals surface area contributed by atoms with Crippen LogP contribution >= 0.6 is 0 Å². The molecule has 3 heterocycles. The van der Waals surface area contributed by atoms with E-state index in [1.165, 1.54) is 31.4 Å². The number of carboxylic acids is 1. The van der Waals surface area contributed by atoms with Gasteiger partial charge in [0.05, 0.1) is 22.3 Å². The quantitative estimate of drug-likeness (QED) is 0.318. The Labute approximate surface area is 204 Å². The van der Waals surface area contributed by atoms with E-state index in [1.807, 2.05) is 0 Å². The molecule has 0 radical (unpaired) electrons. The number of benzene rings is 1. The number of nitrogens with zero attached hydrogens (tertiary/aromatic N) is 2. The van der Waals surface area contributed by atoms with Gasteiger partial charge in [0.2, 0.25) is 5.56 Å². The van der Waals surface area contributed by atoms with Crippen LogP contribution in [-0.2, 0) is 11.0 Å². The zero-order chi connectivity index (χ0) is 25.7. The highest BCUT2D eigenvalue weighted by Crippen LogP contribution is 2.32. The molecule has 188 valence electrons. The lowest BCUT2D eigenvalue weighted by atomic mass is 9.87. The minimum absolute atomic E-state index is 0.203. The highest BCUT2D eigenvalue weighted by atomic mass is 19.4. The summed E-state index contributed by atoms with van der Waals surface area (Å²) in [6.07, 6.45) is 5.15. The van der Waals surface area contributed by atoms with E-state index < -0.39 is 17.7 Å². The Bertz CT molecular complexity index is 1370. The number of carboxylic acid groups (broad SMARTS) is 1. The van der Waals surface area contributed by atoms with Gasteiger partial charge < -0.3 is 15.1 Å². The van der Waals surface area contributed by atoms with Gasteiger partial charge in [-0.2, -0.15) is 13.2 Å². The lowest BCUT2D eigenvalue weighted by molar-refractivity contribution is -0.138. The number of imidazole rings is 1. The second-order valence-corrected chi connectivity index (χ2v) is 8.79. The fraction of sp³-hybridized carbons (Fsp3) is 0.308. The van der Waals surface area contributed by atoms with Crippen LogP contribution in [0.2, 0.25) is 0 Å². The maximum atomic E-state index is 12.8. The summed E-state index contributed by atoms with van der Waals surface area (Å²) in [5.74, 6) is 0.276. The van der Waals surface area contributed by atoms with E-state index in [4.69, 9.17) is 5.11 Å². The van der Waals surface area contributed by atoms with Gasteiger partial charge in [0.1, 0.15) is 5.82 Å². The van der Waals surface area contributed by atoms with Crippen LogP contribution in [0.15, 0.2) is 59.7 Å². The van der Waals surface area contributed by atoms with Crippen LogP contribution in [0.5, 0.6) is 0 Å². The van der Waals surface area contributed by atoms with Crippen LogP contribution in [-0.4, -0.2) is 31.0 Å². The fourth-order valence-corrected chi connectivity index (χ4v) is 4.24. The number of rotatable bonds is 4. The molecule has 1 saturated carbocycles. The highest BCUT2D eigenvalue weighted by molar-refractivity contribution is 5.80. The molecule has 0 spiro atoms. The first-order valence-corrected chi connectivity index (χ1v) is 11.6. The predicted molar refractivity (Wildman–Crippen MR) is 129 cm³/mol. The normalized spacial score (nSPS) is 14.3. The molecule has 1 aliphatic carbocycles. The first kappa shape index (κ1) is 25.2. The third-order valence-corrected chi connectivity index (χ3v) is 6.11. The Balaban J connectivity index is 0.000000256. The van der Waals surface area contributed by atoms with E-state index in [9.17, 15) is 22.8 Å². The average Bonchev–Trinajstić information content (AvgIpc) is 3.28. The molecule has 0 saturated heterocycles. The lowest BCUT2D eigenvalue weighted by Crippen LogP contribution is -2.10. The van der Waals surface area contributed by atoms with Crippen molar-refractivity contribution >= 4 is 17.0 Å². The number of hydrogen-bond acceptors (Lipinski definition) is 4. The van der Waals surface area contributed by atoms with Crippen LogP contribution in [0.25, 0.3) is 33.7 Å². The summed E-state index contributed by atoms with van der Waals surface area (Å²) in [5, 5.41) is 8.47. The van der Waals surface area contributed by atoms with Crippen molar-refractivity contribution < 1.29 is 23.1 Å². The summed E-state index contributed by atoms with van der Waals surface area (Å²) < 4.78 is 38.4.